The summed E-state index contributed by atoms with van der Waals surface area (Å²) in [6.07, 6.45) is 0. The second kappa shape index (κ2) is 8.84. The topological polar surface area (TPSA) is 78.7 Å². The molecule has 27 heavy (non-hydrogen) atoms. The van der Waals surface area contributed by atoms with Crippen LogP contribution in [0.2, 0.25) is 0 Å². The normalized spacial score (nSPS) is 16.5. The predicted molar refractivity (Wildman–Crippen MR) is 109 cm³/mol. The molecule has 1 fully saturated rings. The van der Waals surface area contributed by atoms with E-state index in [1.807, 2.05) is 37.3 Å². The lowest BCUT2D eigenvalue weighted by Crippen LogP contribution is -2.48. The number of sulfonamides is 1. The van der Waals surface area contributed by atoms with Crippen LogP contribution in [0.15, 0.2) is 53.4 Å². The van der Waals surface area contributed by atoms with E-state index in [1.165, 1.54) is 5.56 Å². The second-order valence-corrected chi connectivity index (χ2v) is 8.84. The fourth-order valence-electron chi connectivity index (χ4n) is 3.26. The minimum absolute atomic E-state index is 0.319. The maximum absolute atomic E-state index is 12.3. The molecule has 3 N–H and O–H groups in total. The van der Waals surface area contributed by atoms with Crippen molar-refractivity contribution in [2.45, 2.75) is 18.4 Å². The summed E-state index contributed by atoms with van der Waals surface area (Å²) in [5.41, 5.74) is 8.92. The highest BCUT2D eigenvalue weighted by Gasteiger charge is 2.18. The molecule has 0 saturated carbocycles. The molecule has 0 radical (unpaired) electrons. The van der Waals surface area contributed by atoms with E-state index in [9.17, 15) is 8.42 Å². The number of hydrogen-bond donors (Lipinski definition) is 2. The van der Waals surface area contributed by atoms with Gasteiger partial charge in [-0.25, -0.2) is 13.1 Å². The molecule has 1 aliphatic rings. The van der Waals surface area contributed by atoms with Gasteiger partial charge in [-0.1, -0.05) is 29.8 Å². The maximum Gasteiger partial charge on any atom is 0.240 e. The lowest BCUT2D eigenvalue weighted by Gasteiger charge is -2.34. The smallest absolute Gasteiger partial charge is 0.240 e. The molecule has 2 aromatic carbocycles. The van der Waals surface area contributed by atoms with Gasteiger partial charge in [-0.15, -0.1) is 0 Å². The standard InChI is InChI=1S/C20H28N4O2S/c1-17-5-7-20(8-6-17)27(25,26)22-9-10-23-11-13-24(14-12-23)16-18-3-2-4-19(21)15-18/h2-8,15,22H,9-14,16,21H2,1H3. The summed E-state index contributed by atoms with van der Waals surface area (Å²) in [6, 6.07) is 14.9. The number of nitrogens with one attached hydrogen (secondary N) is 1. The predicted octanol–water partition coefficient (Wildman–Crippen LogP) is 1.67. The van der Waals surface area contributed by atoms with Gasteiger partial charge in [-0.05, 0) is 36.8 Å². The lowest BCUT2D eigenvalue weighted by atomic mass is 10.2. The Kier molecular flexibility index (Phi) is 6.49. The number of hydrogen-bond acceptors (Lipinski definition) is 5. The zero-order valence-corrected chi connectivity index (χ0v) is 16.6. The monoisotopic (exact) mass is 388 g/mol. The van der Waals surface area contributed by atoms with E-state index < -0.39 is 10.0 Å². The minimum atomic E-state index is -3.43. The molecule has 7 heteroatoms. The summed E-state index contributed by atoms with van der Waals surface area (Å²) >= 11 is 0. The van der Waals surface area contributed by atoms with E-state index in [4.69, 9.17) is 5.73 Å². The van der Waals surface area contributed by atoms with Gasteiger partial charge in [0.15, 0.2) is 0 Å². The SMILES string of the molecule is Cc1ccc(S(=O)(=O)NCCN2CCN(Cc3cccc(N)c3)CC2)cc1. The molecule has 1 saturated heterocycles. The zero-order chi connectivity index (χ0) is 19.3. The van der Waals surface area contributed by atoms with Crippen molar-refractivity contribution in [2.24, 2.45) is 0 Å². The molecule has 146 valence electrons. The molecular formula is C20H28N4O2S. The molecule has 0 spiro atoms. The Balaban J connectivity index is 1.41. The Hall–Kier alpha value is -1.93. The number of anilines is 1. The number of rotatable bonds is 7. The second-order valence-electron chi connectivity index (χ2n) is 7.07. The fraction of sp³-hybridized carbons (Fsp3) is 0.400. The first-order valence-electron chi connectivity index (χ1n) is 9.28. The van der Waals surface area contributed by atoms with E-state index in [0.29, 0.717) is 11.4 Å². The third-order valence-electron chi connectivity index (χ3n) is 4.87. The van der Waals surface area contributed by atoms with Gasteiger partial charge in [0.2, 0.25) is 10.0 Å². The molecule has 0 bridgehead atoms. The highest BCUT2D eigenvalue weighted by atomic mass is 32.2. The molecule has 0 unspecified atom stereocenters. The number of aryl methyl sites for hydroxylation is 1. The van der Waals surface area contributed by atoms with Crippen LogP contribution in [0.5, 0.6) is 0 Å². The molecule has 6 nitrogen and oxygen atoms in total. The van der Waals surface area contributed by atoms with Gasteiger partial charge in [-0.3, -0.25) is 9.80 Å². The summed E-state index contributed by atoms with van der Waals surface area (Å²) in [6.45, 7) is 7.81. The van der Waals surface area contributed by atoms with Crippen molar-refractivity contribution >= 4 is 15.7 Å². The number of nitrogen functional groups attached to an aromatic ring is 1. The van der Waals surface area contributed by atoms with Gasteiger partial charge in [0.25, 0.3) is 0 Å². The highest BCUT2D eigenvalue weighted by molar-refractivity contribution is 7.89. The van der Waals surface area contributed by atoms with Crippen LogP contribution in [0.1, 0.15) is 11.1 Å². The van der Waals surface area contributed by atoms with Crippen molar-refractivity contribution in [2.75, 3.05) is 45.0 Å². The Labute approximate surface area is 162 Å². The fourth-order valence-corrected chi connectivity index (χ4v) is 4.28. The Morgan fingerprint density at radius 3 is 2.33 bits per heavy atom. The van der Waals surface area contributed by atoms with E-state index in [1.54, 1.807) is 12.1 Å². The van der Waals surface area contributed by atoms with Crippen LogP contribution in [0.25, 0.3) is 0 Å². The quantitative estimate of drug-likeness (QED) is 0.706. The van der Waals surface area contributed by atoms with Crippen LogP contribution in [-0.2, 0) is 16.6 Å². The van der Waals surface area contributed by atoms with E-state index >= 15 is 0 Å². The molecule has 0 atom stereocenters. The van der Waals surface area contributed by atoms with Crippen molar-refractivity contribution in [3.63, 3.8) is 0 Å². The largest absolute Gasteiger partial charge is 0.399 e. The van der Waals surface area contributed by atoms with Gasteiger partial charge in [0.1, 0.15) is 0 Å². The van der Waals surface area contributed by atoms with Gasteiger partial charge in [-0.2, -0.15) is 0 Å². The van der Waals surface area contributed by atoms with Crippen LogP contribution < -0.4 is 10.5 Å². The van der Waals surface area contributed by atoms with Crippen molar-refractivity contribution in [3.8, 4) is 0 Å². The third-order valence-corrected chi connectivity index (χ3v) is 6.35. The highest BCUT2D eigenvalue weighted by Crippen LogP contribution is 2.12. The summed E-state index contributed by atoms with van der Waals surface area (Å²) in [5, 5.41) is 0. The third kappa shape index (κ3) is 5.77. The first-order valence-corrected chi connectivity index (χ1v) is 10.8. The average Bonchev–Trinajstić information content (AvgIpc) is 2.63. The summed E-state index contributed by atoms with van der Waals surface area (Å²) in [5.74, 6) is 0. The average molecular weight is 389 g/mol. The number of piperazine rings is 1. The van der Waals surface area contributed by atoms with Crippen molar-refractivity contribution < 1.29 is 8.42 Å². The van der Waals surface area contributed by atoms with Gasteiger partial charge in [0, 0.05) is 51.5 Å². The molecule has 0 amide bonds. The van der Waals surface area contributed by atoms with Crippen molar-refractivity contribution in [1.82, 2.24) is 14.5 Å². The lowest BCUT2D eigenvalue weighted by molar-refractivity contribution is 0.129. The Morgan fingerprint density at radius 2 is 1.67 bits per heavy atom. The molecule has 0 aromatic heterocycles. The molecule has 3 rings (SSSR count). The maximum atomic E-state index is 12.3. The first kappa shape index (κ1) is 19.8. The molecule has 0 aliphatic carbocycles. The molecule has 2 aromatic rings. The molecular weight excluding hydrogens is 360 g/mol. The molecule has 1 aliphatic heterocycles. The van der Waals surface area contributed by atoms with Crippen LogP contribution >= 0.6 is 0 Å². The van der Waals surface area contributed by atoms with Gasteiger partial charge in [0.05, 0.1) is 4.90 Å². The Bertz CT molecular complexity index is 845. The number of nitrogens with two attached hydrogens (primary N) is 1. The van der Waals surface area contributed by atoms with Crippen LogP contribution in [0.4, 0.5) is 5.69 Å². The summed E-state index contributed by atoms with van der Waals surface area (Å²) in [7, 11) is -3.43. The summed E-state index contributed by atoms with van der Waals surface area (Å²) < 4.78 is 27.3. The van der Waals surface area contributed by atoms with Crippen molar-refractivity contribution in [3.05, 3.63) is 59.7 Å². The zero-order valence-electron chi connectivity index (χ0n) is 15.8. The van der Waals surface area contributed by atoms with Crippen LogP contribution in [0.3, 0.4) is 0 Å². The number of benzene rings is 2. The van der Waals surface area contributed by atoms with Crippen molar-refractivity contribution in [1.29, 1.82) is 0 Å². The van der Waals surface area contributed by atoms with Gasteiger partial charge < -0.3 is 5.73 Å². The first-order chi connectivity index (χ1) is 12.9. The van der Waals surface area contributed by atoms with E-state index in [2.05, 4.69) is 20.6 Å². The van der Waals surface area contributed by atoms with E-state index in [-0.39, 0.29) is 0 Å². The molecule has 1 heterocycles. The Morgan fingerprint density at radius 1 is 1.00 bits per heavy atom. The summed E-state index contributed by atoms with van der Waals surface area (Å²) in [4.78, 5) is 5.02. The van der Waals surface area contributed by atoms with Crippen LogP contribution in [0, 0.1) is 6.92 Å². The van der Waals surface area contributed by atoms with Gasteiger partial charge >= 0.3 is 0 Å². The minimum Gasteiger partial charge on any atom is -0.399 e. The van der Waals surface area contributed by atoms with Crippen LogP contribution in [-0.4, -0.2) is 57.5 Å². The number of nitrogens with zero attached hydrogens (tertiary/aromatic N) is 2. The van der Waals surface area contributed by atoms with E-state index in [0.717, 1.165) is 50.5 Å².